The van der Waals surface area contributed by atoms with Crippen LogP contribution in [0.15, 0.2) is 18.2 Å². The lowest BCUT2D eigenvalue weighted by molar-refractivity contribution is -0.122. The summed E-state index contributed by atoms with van der Waals surface area (Å²) in [6.45, 7) is 0.732. The third kappa shape index (κ3) is 2.22. The second-order valence-corrected chi connectivity index (χ2v) is 5.00. The number of amides is 1. The smallest absolute Gasteiger partial charge is 0.237 e. The number of fused-ring (bicyclic) bond motifs is 1. The fraction of sp³-hybridized carbons (Fsp3) is 0.429. The Morgan fingerprint density at radius 1 is 1.30 bits per heavy atom. The van der Waals surface area contributed by atoms with Gasteiger partial charge in [-0.05, 0) is 31.0 Å². The van der Waals surface area contributed by atoms with E-state index in [9.17, 15) is 9.59 Å². The molecule has 106 valence electrons. The van der Waals surface area contributed by atoms with Crippen molar-refractivity contribution in [3.8, 4) is 11.5 Å². The van der Waals surface area contributed by atoms with E-state index in [0.717, 1.165) is 6.42 Å². The SMILES string of the molecule is NC1C(=O)NCCCC1C(=O)c1ccc2c(c1)OCO2. The molecule has 2 atom stereocenters. The van der Waals surface area contributed by atoms with E-state index in [-0.39, 0.29) is 18.5 Å². The van der Waals surface area contributed by atoms with E-state index in [1.807, 2.05) is 0 Å². The minimum Gasteiger partial charge on any atom is -0.454 e. The molecule has 1 amide bonds. The summed E-state index contributed by atoms with van der Waals surface area (Å²) in [5.41, 5.74) is 6.39. The maximum Gasteiger partial charge on any atom is 0.237 e. The highest BCUT2D eigenvalue weighted by Crippen LogP contribution is 2.33. The van der Waals surface area contributed by atoms with Gasteiger partial charge in [0.2, 0.25) is 12.7 Å². The van der Waals surface area contributed by atoms with Crippen LogP contribution in [0.2, 0.25) is 0 Å². The second-order valence-electron chi connectivity index (χ2n) is 5.00. The van der Waals surface area contributed by atoms with Gasteiger partial charge in [-0.15, -0.1) is 0 Å². The predicted octanol–water partition coefficient (Wildman–Crippen LogP) is 0.451. The molecule has 1 aromatic carbocycles. The van der Waals surface area contributed by atoms with Crippen LogP contribution >= 0.6 is 0 Å². The molecule has 6 nitrogen and oxygen atoms in total. The Morgan fingerprint density at radius 2 is 2.10 bits per heavy atom. The quantitative estimate of drug-likeness (QED) is 0.765. The van der Waals surface area contributed by atoms with Crippen LogP contribution in [0.3, 0.4) is 0 Å². The van der Waals surface area contributed by atoms with Gasteiger partial charge in [0, 0.05) is 18.0 Å². The van der Waals surface area contributed by atoms with Gasteiger partial charge in [-0.3, -0.25) is 9.59 Å². The number of ketones is 1. The molecule has 1 saturated heterocycles. The molecule has 6 heteroatoms. The summed E-state index contributed by atoms with van der Waals surface area (Å²) in [6.07, 6.45) is 1.35. The van der Waals surface area contributed by atoms with Gasteiger partial charge in [0.15, 0.2) is 17.3 Å². The van der Waals surface area contributed by atoms with E-state index >= 15 is 0 Å². The molecule has 0 spiro atoms. The monoisotopic (exact) mass is 276 g/mol. The maximum atomic E-state index is 12.6. The maximum absolute atomic E-state index is 12.6. The van der Waals surface area contributed by atoms with Gasteiger partial charge in [0.25, 0.3) is 0 Å². The van der Waals surface area contributed by atoms with Crippen molar-refractivity contribution in [2.24, 2.45) is 11.7 Å². The molecule has 0 aromatic heterocycles. The van der Waals surface area contributed by atoms with Gasteiger partial charge in [-0.25, -0.2) is 0 Å². The number of hydrogen-bond donors (Lipinski definition) is 2. The van der Waals surface area contributed by atoms with Gasteiger partial charge in [0.05, 0.1) is 6.04 Å². The Hall–Kier alpha value is -2.08. The number of nitrogens with two attached hydrogens (primary N) is 1. The Bertz CT molecular complexity index is 558. The molecule has 3 rings (SSSR count). The normalized spacial score (nSPS) is 24.9. The Balaban J connectivity index is 1.85. The van der Waals surface area contributed by atoms with Crippen molar-refractivity contribution in [3.05, 3.63) is 23.8 Å². The summed E-state index contributed by atoms with van der Waals surface area (Å²) in [5.74, 6) is 0.319. The van der Waals surface area contributed by atoms with Crippen LogP contribution in [-0.2, 0) is 4.79 Å². The van der Waals surface area contributed by atoms with Crippen molar-refractivity contribution >= 4 is 11.7 Å². The van der Waals surface area contributed by atoms with Gasteiger partial charge in [-0.1, -0.05) is 0 Å². The highest BCUT2D eigenvalue weighted by atomic mass is 16.7. The molecule has 0 bridgehead atoms. The van der Waals surface area contributed by atoms with Gasteiger partial charge in [0.1, 0.15) is 0 Å². The van der Waals surface area contributed by atoms with Gasteiger partial charge >= 0.3 is 0 Å². The van der Waals surface area contributed by atoms with Crippen molar-refractivity contribution in [1.29, 1.82) is 0 Å². The lowest BCUT2D eigenvalue weighted by Gasteiger charge is -2.18. The van der Waals surface area contributed by atoms with Crippen molar-refractivity contribution in [3.63, 3.8) is 0 Å². The molecule has 1 aromatic rings. The molecule has 0 saturated carbocycles. The van der Waals surface area contributed by atoms with Crippen LogP contribution in [0.4, 0.5) is 0 Å². The number of carbonyl (C=O) groups excluding carboxylic acids is 2. The van der Waals surface area contributed by atoms with E-state index in [2.05, 4.69) is 5.32 Å². The standard InChI is InChI=1S/C14H16N2O4/c15-12-9(2-1-5-16-14(12)18)13(17)8-3-4-10-11(6-8)20-7-19-10/h3-4,6,9,12H,1-2,5,7,15H2,(H,16,18). The van der Waals surface area contributed by atoms with E-state index in [0.29, 0.717) is 30.0 Å². The molecule has 1 fully saturated rings. The van der Waals surface area contributed by atoms with Crippen LogP contribution in [0.1, 0.15) is 23.2 Å². The van der Waals surface area contributed by atoms with Crippen molar-refractivity contribution in [2.75, 3.05) is 13.3 Å². The third-order valence-electron chi connectivity index (χ3n) is 3.72. The first-order valence-electron chi connectivity index (χ1n) is 6.64. The molecule has 20 heavy (non-hydrogen) atoms. The largest absolute Gasteiger partial charge is 0.454 e. The summed E-state index contributed by atoms with van der Waals surface area (Å²) < 4.78 is 10.5. The minimum absolute atomic E-state index is 0.118. The zero-order valence-corrected chi connectivity index (χ0v) is 10.9. The average molecular weight is 276 g/mol. The predicted molar refractivity (Wildman–Crippen MR) is 70.6 cm³/mol. The highest BCUT2D eigenvalue weighted by Gasteiger charge is 2.33. The first-order chi connectivity index (χ1) is 9.66. The van der Waals surface area contributed by atoms with Crippen molar-refractivity contribution in [1.82, 2.24) is 5.32 Å². The highest BCUT2D eigenvalue weighted by molar-refractivity contribution is 6.02. The third-order valence-corrected chi connectivity index (χ3v) is 3.72. The minimum atomic E-state index is -0.796. The van der Waals surface area contributed by atoms with Crippen molar-refractivity contribution < 1.29 is 19.1 Å². The first-order valence-corrected chi connectivity index (χ1v) is 6.64. The Labute approximate surface area is 116 Å². The fourth-order valence-electron chi connectivity index (χ4n) is 2.57. The summed E-state index contributed by atoms with van der Waals surface area (Å²) in [5, 5.41) is 2.71. The average Bonchev–Trinajstić information content (AvgIpc) is 2.86. The molecule has 3 N–H and O–H groups in total. The molecule has 0 radical (unpaired) electrons. The molecule has 0 aliphatic carbocycles. The Morgan fingerprint density at radius 3 is 2.95 bits per heavy atom. The summed E-state index contributed by atoms with van der Waals surface area (Å²) >= 11 is 0. The van der Waals surface area contributed by atoms with E-state index in [4.69, 9.17) is 15.2 Å². The van der Waals surface area contributed by atoms with E-state index < -0.39 is 12.0 Å². The van der Waals surface area contributed by atoms with E-state index in [1.54, 1.807) is 18.2 Å². The van der Waals surface area contributed by atoms with Crippen molar-refractivity contribution in [2.45, 2.75) is 18.9 Å². The summed E-state index contributed by atoms with van der Waals surface area (Å²) in [7, 11) is 0. The number of nitrogens with one attached hydrogen (secondary N) is 1. The van der Waals surface area contributed by atoms with Crippen LogP contribution in [0.5, 0.6) is 11.5 Å². The number of rotatable bonds is 2. The molecular weight excluding hydrogens is 260 g/mol. The number of carbonyl (C=O) groups is 2. The molecule has 2 aliphatic heterocycles. The zero-order valence-electron chi connectivity index (χ0n) is 10.9. The van der Waals surface area contributed by atoms with Gasteiger partial charge < -0.3 is 20.5 Å². The number of benzene rings is 1. The topological polar surface area (TPSA) is 90.7 Å². The summed E-state index contributed by atoms with van der Waals surface area (Å²) in [4.78, 5) is 24.3. The lowest BCUT2D eigenvalue weighted by atomic mass is 9.88. The van der Waals surface area contributed by atoms with E-state index in [1.165, 1.54) is 0 Å². The molecule has 2 aliphatic rings. The zero-order chi connectivity index (χ0) is 14.1. The lowest BCUT2D eigenvalue weighted by Crippen LogP contribution is -2.45. The molecular formula is C14H16N2O4. The number of hydrogen-bond acceptors (Lipinski definition) is 5. The van der Waals surface area contributed by atoms with Crippen LogP contribution in [0.25, 0.3) is 0 Å². The fourth-order valence-corrected chi connectivity index (χ4v) is 2.57. The van der Waals surface area contributed by atoms with Crippen LogP contribution in [-0.4, -0.2) is 31.1 Å². The summed E-state index contributed by atoms with van der Waals surface area (Å²) in [6, 6.07) is 4.25. The van der Waals surface area contributed by atoms with Crippen LogP contribution in [0, 0.1) is 5.92 Å². The van der Waals surface area contributed by atoms with Crippen LogP contribution < -0.4 is 20.5 Å². The molecule has 2 unspecified atom stereocenters. The number of Topliss-reactive ketones (excluding diaryl/α,β-unsaturated/α-hetero) is 1. The van der Waals surface area contributed by atoms with Gasteiger partial charge in [-0.2, -0.15) is 0 Å². The second kappa shape index (κ2) is 5.13. The first kappa shape index (κ1) is 12.9. The Kier molecular flexibility index (Phi) is 3.31. The molecule has 2 heterocycles. The number of ether oxygens (including phenoxy) is 2.